The van der Waals surface area contributed by atoms with Gasteiger partial charge in [0.1, 0.15) is 6.54 Å². The molecule has 84 heavy (non-hydrogen) atoms. The molecule has 0 amide bonds. The number of carboxylic acid groups (broad SMARTS) is 2. The summed E-state index contributed by atoms with van der Waals surface area (Å²) in [5.41, 5.74) is -25.1. The molecule has 0 aliphatic rings. The maximum Gasteiger partial charge on any atom is 1.00 e. The van der Waals surface area contributed by atoms with E-state index in [0.717, 1.165) is 0 Å². The van der Waals surface area contributed by atoms with Crippen LogP contribution in [0.1, 0.15) is 77.0 Å². The van der Waals surface area contributed by atoms with E-state index in [1.54, 1.807) is 19.0 Å². The van der Waals surface area contributed by atoms with Crippen molar-refractivity contribution in [3.05, 3.63) is 0 Å². The normalized spacial score (nSPS) is 14.5. The fraction of sp³-hybridized carbons (Fsp3) is 0.950. The molecule has 0 saturated heterocycles. The molecule has 0 rings (SSSR count). The van der Waals surface area contributed by atoms with Crippen molar-refractivity contribution in [2.75, 3.05) is 78.3 Å². The van der Waals surface area contributed by atoms with E-state index in [1.807, 2.05) is 4.72 Å². The Labute approximate surface area is 489 Å². The number of likely N-dealkylation sites (N-methyl/N-ethyl adjacent to an activating group) is 1. The second-order valence-corrected chi connectivity index (χ2v) is 23.5. The Kier molecular flexibility index (Phi) is 34.9. The third kappa shape index (κ3) is 29.5. The van der Waals surface area contributed by atoms with Gasteiger partial charge in [0.15, 0.2) is 0 Å². The molecule has 0 aromatic rings. The Morgan fingerprint density at radius 1 is 0.452 bits per heavy atom. The molecule has 44 heteroatoms. The van der Waals surface area contributed by atoms with E-state index in [-0.39, 0.29) is 60.1 Å². The maximum atomic E-state index is 14.2. The monoisotopic (exact) mass is 1370 g/mol. The van der Waals surface area contributed by atoms with Gasteiger partial charge >= 0.3 is 79.0 Å². The summed E-state index contributed by atoms with van der Waals surface area (Å²) < 4.78 is 418. The third-order valence-electron chi connectivity index (χ3n) is 11.5. The molecule has 0 fully saturated rings. The van der Waals surface area contributed by atoms with Gasteiger partial charge in [-0.3, -0.25) is 0 Å². The van der Waals surface area contributed by atoms with Gasteiger partial charge in [-0.2, -0.15) is 105 Å². The van der Waals surface area contributed by atoms with E-state index in [1.165, 1.54) is 14.1 Å². The summed E-state index contributed by atoms with van der Waals surface area (Å²) in [5, 5.41) is 19.8. The number of unbranched alkanes of at least 4 members (excludes halogenated alkanes) is 2. The quantitative estimate of drug-likeness (QED) is 0.0261. The van der Waals surface area contributed by atoms with E-state index >= 15 is 0 Å². The summed E-state index contributed by atoms with van der Waals surface area (Å²) in [4.78, 5) is 21.5. The molecule has 0 bridgehead atoms. The summed E-state index contributed by atoms with van der Waals surface area (Å²) >= 11 is 4.67. The van der Waals surface area contributed by atoms with Crippen LogP contribution in [-0.4, -0.2) is 189 Å². The smallest absolute Gasteiger partial charge is 0.549 e. The Morgan fingerprint density at radius 3 is 0.893 bits per heavy atom. The predicted molar refractivity (Wildman–Crippen MR) is 231 cm³/mol. The van der Waals surface area contributed by atoms with Crippen LogP contribution in [0, 0.1) is 11.8 Å². The van der Waals surface area contributed by atoms with Crippen LogP contribution in [0.15, 0.2) is 0 Å². The molecular formula is C40H56ClF28N4NaO8S2. The number of sulfonamides is 2. The van der Waals surface area contributed by atoms with Crippen LogP contribution >= 0.6 is 11.6 Å². The number of quaternary nitrogens is 1. The number of alkyl halides is 29. The largest absolute Gasteiger partial charge is 1.00 e. The first-order chi connectivity index (χ1) is 36.4. The minimum Gasteiger partial charge on any atom is -0.549 e. The number of halogens is 29. The molecule has 0 spiro atoms. The number of carbonyl (C=O) groups excluding carboxylic acids is 2. The Balaban J connectivity index is -0.000000699. The zero-order valence-corrected chi connectivity index (χ0v) is 48.6. The molecule has 0 radical (unpaired) electrons. The van der Waals surface area contributed by atoms with Gasteiger partial charge in [0.05, 0.1) is 50.0 Å². The van der Waals surface area contributed by atoms with Crippen LogP contribution in [-0.2, 0) is 29.6 Å². The minimum absolute atomic E-state index is 0. The standard InChI is InChI=1S/C20H28F14N2O4S.C18H26F14N2O2S.C2H3ClO2.Na/c1-36(2,12-14(37)38)8-5-7-35-41(39,40)9-4-3-6-13(10-15(21,17(23,24)25)18(26,27)28)11-16(22,19(29,30)31)20(32,33)34;1-34(2)8-5-7-33-37(35,36)9-4-3-6-12(10-13(19,15(21,22)23)16(24,25)26)11-14(20,17(27,28)29)18(30,31)32;3-1-2(4)5;/h13,35H,3-12H2,1-2H3;12,33H,3-11H2,1-2H3;1H2,(H,4,5);/q;;;+1/p-1. The fourth-order valence-corrected chi connectivity index (χ4v) is 9.46. The van der Waals surface area contributed by atoms with Crippen LogP contribution < -0.4 is 49.2 Å². The molecule has 0 aliphatic heterocycles. The van der Waals surface area contributed by atoms with Crippen molar-refractivity contribution in [3.63, 3.8) is 0 Å². The average molecular weight is 1380 g/mol. The number of aliphatic carboxylic acids is 2. The number of rotatable bonds is 31. The first-order valence-electron chi connectivity index (χ1n) is 23.0. The summed E-state index contributed by atoms with van der Waals surface area (Å²) in [6.45, 7) is -0.184. The van der Waals surface area contributed by atoms with Crippen LogP contribution in [0.5, 0.6) is 0 Å². The second kappa shape index (κ2) is 33.2. The van der Waals surface area contributed by atoms with Gasteiger partial charge in [-0.05, 0) is 51.7 Å². The molecule has 500 valence electrons. The predicted octanol–water partition coefficient (Wildman–Crippen LogP) is 6.42. The number of hydrogen-bond donors (Lipinski definition) is 2. The molecule has 2 N–H and O–H groups in total. The van der Waals surface area contributed by atoms with Crippen LogP contribution in [0.4, 0.5) is 123 Å². The molecule has 0 aromatic heterocycles. The van der Waals surface area contributed by atoms with E-state index in [0.29, 0.717) is 13.0 Å². The second-order valence-electron chi connectivity index (χ2n) is 19.4. The average Bonchev–Trinajstić information content (AvgIpc) is 3.23. The molecule has 0 unspecified atom stereocenters. The summed E-state index contributed by atoms with van der Waals surface area (Å²) in [5.74, 6) is -11.1. The summed E-state index contributed by atoms with van der Waals surface area (Å²) in [6, 6.07) is 0. The van der Waals surface area contributed by atoms with E-state index in [9.17, 15) is 150 Å². The zero-order chi connectivity index (χ0) is 66.9. The SMILES string of the molecule is CN(C)CCCNS(=O)(=O)CCCCC(CC(F)(C(F)(F)F)C(F)(F)F)CC(F)(C(F)(F)F)C(F)(F)F.C[N+](C)(CCCNS(=O)(=O)CCCCC(CC(F)(C(F)(F)F)C(F)(F)F)CC(F)(C(F)(F)F)C(F)(F)F)CC(=O)[O-].O=C([O-])CCl.[Na+]. The molecule has 12 nitrogen and oxygen atoms in total. The molecule has 0 atom stereocenters. The Morgan fingerprint density at radius 2 is 0.690 bits per heavy atom. The van der Waals surface area contributed by atoms with Crippen molar-refractivity contribution >= 4 is 43.6 Å². The molecule has 0 heterocycles. The number of nitrogens with one attached hydrogen (secondary N) is 2. The Hall–Kier alpha value is -1.99. The third-order valence-corrected chi connectivity index (χ3v) is 14.6. The van der Waals surface area contributed by atoms with Gasteiger partial charge in [-0.25, -0.2) is 43.8 Å². The number of carboxylic acids is 2. The number of nitrogens with zero attached hydrogens (tertiary/aromatic N) is 2. The van der Waals surface area contributed by atoms with Gasteiger partial charge in [0.25, 0.3) is 22.7 Å². The molecular weight excluding hydrogens is 1320 g/mol. The van der Waals surface area contributed by atoms with Gasteiger partial charge in [0, 0.05) is 45.2 Å². The maximum absolute atomic E-state index is 14.2. The van der Waals surface area contributed by atoms with Crippen LogP contribution in [0.3, 0.4) is 0 Å². The van der Waals surface area contributed by atoms with Crippen molar-refractivity contribution < 1.29 is 194 Å². The summed E-state index contributed by atoms with van der Waals surface area (Å²) in [7, 11) is -2.00. The van der Waals surface area contributed by atoms with Crippen LogP contribution in [0.2, 0.25) is 0 Å². The van der Waals surface area contributed by atoms with E-state index < -0.39 is 204 Å². The van der Waals surface area contributed by atoms with Gasteiger partial charge in [-0.15, -0.1) is 11.6 Å². The van der Waals surface area contributed by atoms with Crippen molar-refractivity contribution in [2.24, 2.45) is 11.8 Å². The van der Waals surface area contributed by atoms with Crippen molar-refractivity contribution in [1.82, 2.24) is 14.3 Å². The van der Waals surface area contributed by atoms with Crippen molar-refractivity contribution in [2.45, 2.75) is 149 Å². The van der Waals surface area contributed by atoms with Gasteiger partial charge in [0.2, 0.25) is 20.0 Å². The molecule has 0 aliphatic carbocycles. The van der Waals surface area contributed by atoms with Gasteiger partial charge < -0.3 is 29.2 Å². The van der Waals surface area contributed by atoms with E-state index in [2.05, 4.69) is 16.3 Å². The first kappa shape index (κ1) is 88.4. The zero-order valence-electron chi connectivity index (χ0n) is 44.2. The van der Waals surface area contributed by atoms with Crippen molar-refractivity contribution in [3.8, 4) is 0 Å². The topological polar surface area (TPSA) is 176 Å². The molecule has 0 saturated carbocycles. The van der Waals surface area contributed by atoms with E-state index in [4.69, 9.17) is 9.90 Å². The number of carbonyl (C=O) groups is 2. The first-order valence-corrected chi connectivity index (χ1v) is 26.9. The number of hydrogen-bond acceptors (Lipinski definition) is 9. The van der Waals surface area contributed by atoms with Gasteiger partial charge in [-0.1, -0.05) is 25.7 Å². The summed E-state index contributed by atoms with van der Waals surface area (Å²) in [6.07, 6.45) is -72.3. The van der Waals surface area contributed by atoms with Crippen LogP contribution in [0.25, 0.3) is 0 Å². The Bertz CT molecular complexity index is 2060. The fourth-order valence-electron chi connectivity index (χ4n) is 7.09. The minimum atomic E-state index is -6.85. The molecule has 0 aromatic carbocycles. The van der Waals surface area contributed by atoms with Crippen molar-refractivity contribution in [1.29, 1.82) is 0 Å².